The molecule has 0 aromatic rings. The van der Waals surface area contributed by atoms with Gasteiger partial charge < -0.3 is 25.7 Å². The van der Waals surface area contributed by atoms with Gasteiger partial charge in [0.15, 0.2) is 5.72 Å². The number of aliphatic hydroxyl groups excluding tert-OH is 3. The summed E-state index contributed by atoms with van der Waals surface area (Å²) in [5.41, 5.74) is -1.83. The van der Waals surface area contributed by atoms with Crippen molar-refractivity contribution in [2.75, 3.05) is 25.5 Å². The van der Waals surface area contributed by atoms with Gasteiger partial charge in [-0.15, -0.1) is 0 Å². The van der Waals surface area contributed by atoms with Gasteiger partial charge in [-0.25, -0.2) is 0 Å². The zero-order chi connectivity index (χ0) is 11.7. The fraction of sp³-hybridized carbons (Fsp3) is 1.00. The van der Waals surface area contributed by atoms with Crippen molar-refractivity contribution in [3.8, 4) is 0 Å². The highest BCUT2D eigenvalue weighted by Gasteiger charge is 2.24. The van der Waals surface area contributed by atoms with Gasteiger partial charge in [0, 0.05) is 18.6 Å². The summed E-state index contributed by atoms with van der Waals surface area (Å²) >= 11 is 0.596. The van der Waals surface area contributed by atoms with Crippen molar-refractivity contribution in [3.05, 3.63) is 0 Å². The zero-order valence-corrected chi connectivity index (χ0v) is 8.64. The van der Waals surface area contributed by atoms with Crippen LogP contribution in [0.4, 0.5) is 0 Å². The molecule has 0 aliphatic heterocycles. The molecule has 0 bridgehead atoms. The lowest BCUT2D eigenvalue weighted by molar-refractivity contribution is -0.777. The van der Waals surface area contributed by atoms with E-state index < -0.39 is 25.0 Å². The van der Waals surface area contributed by atoms with Crippen LogP contribution < -0.4 is 10.6 Å². The second-order valence-electron chi connectivity index (χ2n) is 2.80. The monoisotopic (exact) mass is 244 g/mol. The Morgan fingerprint density at radius 3 is 2.47 bits per heavy atom. The summed E-state index contributed by atoms with van der Waals surface area (Å²) in [7, 11) is 0. The van der Waals surface area contributed by atoms with Crippen molar-refractivity contribution < 1.29 is 35.1 Å². The number of hydrogen-bond donors (Lipinski definition) is 5. The summed E-state index contributed by atoms with van der Waals surface area (Å²) in [6, 6.07) is 0. The van der Waals surface area contributed by atoms with Crippen LogP contribution >= 0.6 is 12.0 Å². The molecule has 1 unspecified atom stereocenters. The maximum Gasteiger partial charge on any atom is 0.162 e. The van der Waals surface area contributed by atoms with E-state index in [9.17, 15) is 15.5 Å². The van der Waals surface area contributed by atoms with Crippen molar-refractivity contribution in [3.63, 3.8) is 0 Å². The van der Waals surface area contributed by atoms with Crippen LogP contribution in [0.15, 0.2) is 0 Å². The average Bonchev–Trinajstić information content (AvgIpc) is 2.26. The molecule has 0 saturated heterocycles. The summed E-state index contributed by atoms with van der Waals surface area (Å²) in [5, 5.41) is 50.6. The summed E-state index contributed by atoms with van der Waals surface area (Å²) in [4.78, 5) is 0. The third-order valence-electron chi connectivity index (χ3n) is 1.53. The second-order valence-corrected chi connectivity index (χ2v) is 3.51. The van der Waals surface area contributed by atoms with E-state index in [0.717, 1.165) is 0 Å². The fourth-order valence-electron chi connectivity index (χ4n) is 0.654. The summed E-state index contributed by atoms with van der Waals surface area (Å²) < 4.78 is 3.90. The van der Waals surface area contributed by atoms with Gasteiger partial charge in [0.2, 0.25) is 0 Å². The molecule has 15 heavy (non-hydrogen) atoms. The number of hydrogen-bond acceptors (Lipinski definition) is 9. The average molecular weight is 244 g/mol. The SMILES string of the molecule is [O-]OOSCC(O)CNC(O)(CO)CO. The van der Waals surface area contributed by atoms with Crippen molar-refractivity contribution in [2.24, 2.45) is 0 Å². The molecule has 1 atom stereocenters. The van der Waals surface area contributed by atoms with Crippen LogP contribution in [-0.4, -0.2) is 57.8 Å². The van der Waals surface area contributed by atoms with E-state index in [1.807, 2.05) is 0 Å². The quantitative estimate of drug-likeness (QED) is 0.0919. The smallest absolute Gasteiger partial charge is 0.162 e. The Bertz CT molecular complexity index is 156. The summed E-state index contributed by atoms with van der Waals surface area (Å²) in [6.07, 6.45) is -0.935. The van der Waals surface area contributed by atoms with Crippen molar-refractivity contribution in [1.29, 1.82) is 0 Å². The molecule has 0 spiro atoms. The predicted octanol–water partition coefficient (Wildman–Crippen LogP) is -3.52. The van der Waals surface area contributed by atoms with Crippen molar-refractivity contribution in [1.82, 2.24) is 5.32 Å². The Morgan fingerprint density at radius 2 is 2.00 bits per heavy atom. The van der Waals surface area contributed by atoms with Crippen molar-refractivity contribution >= 4 is 12.0 Å². The Hall–Kier alpha value is 0.0300. The molecular weight excluding hydrogens is 230 g/mol. The molecule has 0 aliphatic carbocycles. The normalized spacial score (nSPS) is 14.2. The summed E-state index contributed by atoms with van der Waals surface area (Å²) in [5.74, 6) is 0.0299. The Balaban J connectivity index is 3.64. The Labute approximate surface area is 90.5 Å². The molecular formula is C6H14NO7S-. The van der Waals surface area contributed by atoms with Gasteiger partial charge >= 0.3 is 0 Å². The lowest BCUT2D eigenvalue weighted by atomic mass is 10.2. The first-order valence-electron chi connectivity index (χ1n) is 4.03. The van der Waals surface area contributed by atoms with Crippen LogP contribution in [0.2, 0.25) is 0 Å². The standard InChI is InChI=1S/C6H15NO7S/c8-3-6(11,4-9)7-1-5(10)2-15-14-13-12/h5,7-12H,1-4H2/p-1. The van der Waals surface area contributed by atoms with Crippen LogP contribution in [0.1, 0.15) is 0 Å². The number of rotatable bonds is 9. The Morgan fingerprint density at radius 1 is 1.40 bits per heavy atom. The molecule has 0 aromatic heterocycles. The van der Waals surface area contributed by atoms with Crippen LogP contribution in [0, 0.1) is 0 Å². The Kier molecular flexibility index (Phi) is 8.23. The third kappa shape index (κ3) is 7.00. The highest BCUT2D eigenvalue weighted by molar-refractivity contribution is 7.94. The van der Waals surface area contributed by atoms with E-state index in [0.29, 0.717) is 12.0 Å². The highest BCUT2D eigenvalue weighted by Crippen LogP contribution is 2.04. The summed E-state index contributed by atoms with van der Waals surface area (Å²) in [6.45, 7) is -1.47. The molecule has 0 amide bonds. The number of aliphatic hydroxyl groups is 4. The fourth-order valence-corrected chi connectivity index (χ4v) is 1.02. The van der Waals surface area contributed by atoms with Gasteiger partial charge in [-0.05, 0) is 0 Å². The van der Waals surface area contributed by atoms with Crippen molar-refractivity contribution in [2.45, 2.75) is 11.8 Å². The maximum absolute atomic E-state index is 9.37. The van der Waals surface area contributed by atoms with E-state index >= 15 is 0 Å². The molecule has 92 valence electrons. The van der Waals surface area contributed by atoms with Gasteiger partial charge in [0.1, 0.15) is 0 Å². The largest absolute Gasteiger partial charge is 0.691 e. The predicted molar refractivity (Wildman–Crippen MR) is 47.8 cm³/mol. The lowest BCUT2D eigenvalue weighted by Gasteiger charge is -2.25. The first-order chi connectivity index (χ1) is 7.08. The molecule has 0 aliphatic rings. The third-order valence-corrected chi connectivity index (χ3v) is 2.20. The van der Waals surface area contributed by atoms with E-state index in [-0.39, 0.29) is 12.3 Å². The van der Waals surface area contributed by atoms with Gasteiger partial charge in [0.25, 0.3) is 0 Å². The highest BCUT2D eigenvalue weighted by atomic mass is 32.2. The second kappa shape index (κ2) is 8.21. The topological polar surface area (TPSA) is 134 Å². The van der Waals surface area contributed by atoms with Crippen LogP contribution in [0.3, 0.4) is 0 Å². The van der Waals surface area contributed by atoms with Gasteiger partial charge in [0.05, 0.1) is 25.1 Å². The molecule has 0 heterocycles. The van der Waals surface area contributed by atoms with E-state index in [1.165, 1.54) is 0 Å². The van der Waals surface area contributed by atoms with Crippen LogP contribution in [0.5, 0.6) is 0 Å². The minimum atomic E-state index is -1.83. The number of nitrogens with one attached hydrogen (secondary N) is 1. The van der Waals surface area contributed by atoms with Gasteiger partial charge in [-0.3, -0.25) is 10.4 Å². The minimum absolute atomic E-state index is 0.0299. The molecule has 0 rings (SSSR count). The van der Waals surface area contributed by atoms with Crippen LogP contribution in [-0.2, 0) is 9.37 Å². The van der Waals surface area contributed by atoms with E-state index in [1.54, 1.807) is 0 Å². The molecule has 8 nitrogen and oxygen atoms in total. The molecule has 0 aromatic carbocycles. The first kappa shape index (κ1) is 15.0. The molecule has 9 heteroatoms. The van der Waals surface area contributed by atoms with Gasteiger partial charge in [-0.2, -0.15) is 4.33 Å². The van der Waals surface area contributed by atoms with Crippen LogP contribution in [0.25, 0.3) is 0 Å². The first-order valence-corrected chi connectivity index (χ1v) is 4.94. The zero-order valence-electron chi connectivity index (χ0n) is 7.83. The molecule has 0 fully saturated rings. The molecule has 0 saturated carbocycles. The van der Waals surface area contributed by atoms with Gasteiger partial charge in [-0.1, -0.05) is 0 Å². The molecule has 5 N–H and O–H groups in total. The maximum atomic E-state index is 9.37. The minimum Gasteiger partial charge on any atom is -0.691 e. The van der Waals surface area contributed by atoms with E-state index in [2.05, 4.69) is 14.7 Å². The van der Waals surface area contributed by atoms with E-state index in [4.69, 9.17) is 10.2 Å². The lowest BCUT2D eigenvalue weighted by Crippen LogP contribution is -2.54. The molecule has 0 radical (unpaired) electrons.